The van der Waals surface area contributed by atoms with Gasteiger partial charge < -0.3 is 4.74 Å². The molecule has 3 aromatic rings. The van der Waals surface area contributed by atoms with Gasteiger partial charge in [-0.05, 0) is 29.8 Å². The maximum Gasteiger partial charge on any atom is 0.312 e. The van der Waals surface area contributed by atoms with Gasteiger partial charge in [-0.15, -0.1) is 0 Å². The van der Waals surface area contributed by atoms with Gasteiger partial charge in [-0.3, -0.25) is 10.4 Å². The van der Waals surface area contributed by atoms with Crippen LogP contribution in [0.15, 0.2) is 53.9 Å². The van der Waals surface area contributed by atoms with Crippen LogP contribution in [0.3, 0.4) is 0 Å². The third-order valence-corrected chi connectivity index (χ3v) is 3.69. The van der Waals surface area contributed by atoms with E-state index in [4.69, 9.17) is 10.1 Å². The molecule has 0 aliphatic heterocycles. The Hall–Kier alpha value is -3.56. The van der Waals surface area contributed by atoms with E-state index < -0.39 is 12.3 Å². The average Bonchev–Trinajstić information content (AvgIpc) is 3.14. The second-order valence-corrected chi connectivity index (χ2v) is 5.59. The lowest BCUT2D eigenvalue weighted by atomic mass is 10.1. The Labute approximate surface area is 158 Å². The van der Waals surface area contributed by atoms with Gasteiger partial charge in [-0.1, -0.05) is 12.1 Å². The van der Waals surface area contributed by atoms with Gasteiger partial charge in [0.15, 0.2) is 5.82 Å². The molecule has 0 radical (unpaired) electrons. The second-order valence-electron chi connectivity index (χ2n) is 5.59. The lowest BCUT2D eigenvalue weighted by Gasteiger charge is -2.10. The van der Waals surface area contributed by atoms with Crippen LogP contribution in [-0.2, 0) is 11.2 Å². The van der Waals surface area contributed by atoms with Crippen molar-refractivity contribution < 1.29 is 17.9 Å². The number of nitrogens with one attached hydrogen (secondary N) is 1. The van der Waals surface area contributed by atoms with Crippen LogP contribution < -0.4 is 0 Å². The van der Waals surface area contributed by atoms with E-state index in [0.29, 0.717) is 29.2 Å². The molecular formula is C18H15F3N6O. The minimum atomic E-state index is -3.05. The molecule has 0 aliphatic rings. The van der Waals surface area contributed by atoms with Gasteiger partial charge in [0, 0.05) is 25.2 Å². The van der Waals surface area contributed by atoms with Gasteiger partial charge >= 0.3 is 6.43 Å². The van der Waals surface area contributed by atoms with Gasteiger partial charge in [0.1, 0.15) is 18.0 Å². The summed E-state index contributed by atoms with van der Waals surface area (Å²) < 4.78 is 44.8. The van der Waals surface area contributed by atoms with Crippen molar-refractivity contribution in [2.45, 2.75) is 12.8 Å². The molecule has 10 heteroatoms. The predicted octanol–water partition coefficient (Wildman–Crippen LogP) is 3.03. The lowest BCUT2D eigenvalue weighted by Crippen LogP contribution is -2.19. The first-order chi connectivity index (χ1) is 13.5. The number of ether oxygens (including phenoxy) is 1. The number of rotatable bonds is 5. The normalized spacial score (nSPS) is 11.7. The maximum atomic E-state index is 13.4. The van der Waals surface area contributed by atoms with Crippen LogP contribution in [0.25, 0.3) is 5.82 Å². The highest BCUT2D eigenvalue weighted by atomic mass is 19.3. The van der Waals surface area contributed by atoms with Crippen LogP contribution in [-0.4, -0.2) is 45.0 Å². The number of halogens is 3. The minimum Gasteiger partial charge on any atom is -0.419 e. The Morgan fingerprint density at radius 1 is 1.25 bits per heavy atom. The molecule has 0 unspecified atom stereocenters. The van der Waals surface area contributed by atoms with Crippen LogP contribution in [0.2, 0.25) is 0 Å². The van der Waals surface area contributed by atoms with E-state index in [0.717, 1.165) is 0 Å². The van der Waals surface area contributed by atoms with Crippen LogP contribution in [0.1, 0.15) is 17.0 Å². The van der Waals surface area contributed by atoms with Crippen molar-refractivity contribution in [2.75, 3.05) is 7.05 Å². The number of hydrogen-bond acceptors (Lipinski definition) is 6. The number of pyridine rings is 1. The van der Waals surface area contributed by atoms with Crippen molar-refractivity contribution in [1.82, 2.24) is 19.7 Å². The molecule has 0 bridgehead atoms. The van der Waals surface area contributed by atoms with E-state index in [-0.39, 0.29) is 11.7 Å². The third-order valence-electron chi connectivity index (χ3n) is 3.69. The monoisotopic (exact) mass is 388 g/mol. The molecule has 2 heterocycles. The smallest absolute Gasteiger partial charge is 0.312 e. The number of nitrogens with zero attached hydrogens (tertiary/aromatic N) is 5. The molecule has 0 spiro atoms. The molecule has 0 atom stereocenters. The second kappa shape index (κ2) is 8.42. The summed E-state index contributed by atoms with van der Waals surface area (Å²) in [4.78, 5) is 12.2. The Morgan fingerprint density at radius 3 is 2.79 bits per heavy atom. The van der Waals surface area contributed by atoms with Gasteiger partial charge in [0.05, 0.1) is 0 Å². The zero-order chi connectivity index (χ0) is 20.1. The fraction of sp³-hybridized carbons (Fsp3) is 0.167. The summed E-state index contributed by atoms with van der Waals surface area (Å²) in [7, 11) is 1.36. The quantitative estimate of drug-likeness (QED) is 0.537. The minimum absolute atomic E-state index is 0.152. The van der Waals surface area contributed by atoms with E-state index in [1.807, 2.05) is 0 Å². The topological polar surface area (TPSA) is 89.0 Å². The summed E-state index contributed by atoms with van der Waals surface area (Å²) in [6, 6.07) is 9.13. The molecule has 1 aromatic carbocycles. The van der Waals surface area contributed by atoms with Crippen molar-refractivity contribution in [2.24, 2.45) is 4.99 Å². The lowest BCUT2D eigenvalue weighted by molar-refractivity contribution is 0.198. The SMILES string of the molecule is CN=C(OC(=N)C(F)F)c1ccnc(-n2ncnc2Cc2cccc(F)c2)c1. The number of alkyl halides is 2. The van der Waals surface area contributed by atoms with Crippen molar-refractivity contribution in [3.8, 4) is 5.82 Å². The highest BCUT2D eigenvalue weighted by molar-refractivity contribution is 6.01. The van der Waals surface area contributed by atoms with Gasteiger partial charge in [0.2, 0.25) is 5.90 Å². The highest BCUT2D eigenvalue weighted by Gasteiger charge is 2.18. The van der Waals surface area contributed by atoms with E-state index in [2.05, 4.69) is 20.1 Å². The number of hydrogen-bond donors (Lipinski definition) is 1. The zero-order valence-corrected chi connectivity index (χ0v) is 14.7. The largest absolute Gasteiger partial charge is 0.419 e. The Kier molecular flexibility index (Phi) is 5.78. The molecule has 144 valence electrons. The van der Waals surface area contributed by atoms with Gasteiger partial charge in [0.25, 0.3) is 5.90 Å². The number of benzene rings is 1. The first-order valence-corrected chi connectivity index (χ1v) is 8.09. The molecule has 7 nitrogen and oxygen atoms in total. The number of aromatic nitrogens is 4. The van der Waals surface area contributed by atoms with Crippen LogP contribution in [0.4, 0.5) is 13.2 Å². The van der Waals surface area contributed by atoms with Crippen molar-refractivity contribution >= 4 is 11.8 Å². The van der Waals surface area contributed by atoms with Crippen LogP contribution in [0.5, 0.6) is 0 Å². The highest BCUT2D eigenvalue weighted by Crippen LogP contribution is 2.14. The van der Waals surface area contributed by atoms with E-state index in [1.54, 1.807) is 12.1 Å². The molecule has 3 rings (SSSR count). The van der Waals surface area contributed by atoms with E-state index in [1.165, 1.54) is 48.5 Å². The summed E-state index contributed by atoms with van der Waals surface area (Å²) in [6.07, 6.45) is 0.0242. The molecule has 0 aliphatic carbocycles. The average molecular weight is 388 g/mol. The first-order valence-electron chi connectivity index (χ1n) is 8.09. The molecule has 0 saturated heterocycles. The van der Waals surface area contributed by atoms with Gasteiger partial charge in [-0.25, -0.2) is 14.4 Å². The van der Waals surface area contributed by atoms with Crippen molar-refractivity contribution in [3.63, 3.8) is 0 Å². The van der Waals surface area contributed by atoms with E-state index >= 15 is 0 Å². The fourth-order valence-corrected chi connectivity index (χ4v) is 2.46. The molecule has 0 saturated carbocycles. The van der Waals surface area contributed by atoms with Crippen molar-refractivity contribution in [1.29, 1.82) is 5.41 Å². The molecule has 0 amide bonds. The first kappa shape index (κ1) is 19.2. The maximum absolute atomic E-state index is 13.4. The Morgan fingerprint density at radius 2 is 2.07 bits per heavy atom. The van der Waals surface area contributed by atoms with Crippen molar-refractivity contribution in [3.05, 3.63) is 71.7 Å². The summed E-state index contributed by atoms with van der Waals surface area (Å²) in [5.74, 6) is -0.861. The summed E-state index contributed by atoms with van der Waals surface area (Å²) in [5, 5.41) is 11.3. The summed E-state index contributed by atoms with van der Waals surface area (Å²) >= 11 is 0. The standard InChI is InChI=1S/C18H15F3N6O/c1-23-18(28-17(22)16(20)21)12-5-6-24-15(9-12)27-14(25-10-26-27)8-11-3-2-4-13(19)7-11/h2-7,9-10,16,22H,8H2,1H3. The zero-order valence-electron chi connectivity index (χ0n) is 14.7. The number of aliphatic imine (C=N–C) groups is 1. The van der Waals surface area contributed by atoms with E-state index in [9.17, 15) is 13.2 Å². The van der Waals surface area contributed by atoms with Crippen LogP contribution >= 0.6 is 0 Å². The van der Waals surface area contributed by atoms with Gasteiger partial charge in [-0.2, -0.15) is 18.6 Å². The molecule has 28 heavy (non-hydrogen) atoms. The fourth-order valence-electron chi connectivity index (χ4n) is 2.46. The predicted molar refractivity (Wildman–Crippen MR) is 95.6 cm³/mol. The summed E-state index contributed by atoms with van der Waals surface area (Å²) in [5.41, 5.74) is 1.04. The Bertz CT molecular complexity index is 1020. The summed E-state index contributed by atoms with van der Waals surface area (Å²) in [6.45, 7) is 0. The Balaban J connectivity index is 1.89. The van der Waals surface area contributed by atoms with Crippen LogP contribution in [0, 0.1) is 11.2 Å². The molecular weight excluding hydrogens is 373 g/mol. The molecule has 0 fully saturated rings. The molecule has 1 N–H and O–H groups in total. The third kappa shape index (κ3) is 4.40. The molecule has 2 aromatic heterocycles.